The van der Waals surface area contributed by atoms with Gasteiger partial charge in [-0.2, -0.15) is 0 Å². The van der Waals surface area contributed by atoms with E-state index in [4.69, 9.17) is 4.74 Å². The Bertz CT molecular complexity index is 418. The van der Waals surface area contributed by atoms with E-state index < -0.39 is 0 Å². The van der Waals surface area contributed by atoms with Crippen molar-refractivity contribution in [1.29, 1.82) is 0 Å². The van der Waals surface area contributed by atoms with Crippen molar-refractivity contribution in [2.24, 2.45) is 0 Å². The summed E-state index contributed by atoms with van der Waals surface area (Å²) in [5.41, 5.74) is 0.930. The molecule has 2 N–H and O–H groups in total. The molecular weight excluding hydrogens is 320 g/mol. The smallest absolute Gasteiger partial charge is 0.234 e. The van der Waals surface area contributed by atoms with Gasteiger partial charge in [0.2, 0.25) is 5.91 Å². The summed E-state index contributed by atoms with van der Waals surface area (Å²) < 4.78 is 5.98. The summed E-state index contributed by atoms with van der Waals surface area (Å²) in [6.07, 6.45) is 0.796. The highest BCUT2D eigenvalue weighted by Gasteiger charge is 2.20. The molecule has 1 rings (SSSR count). The van der Waals surface area contributed by atoms with Gasteiger partial charge in [-0.25, -0.2) is 0 Å². The maximum absolute atomic E-state index is 11.8. The second-order valence-electron chi connectivity index (χ2n) is 5.40. The van der Waals surface area contributed by atoms with E-state index in [0.717, 1.165) is 10.9 Å². The third-order valence-electron chi connectivity index (χ3n) is 2.81. The molecule has 4 nitrogen and oxygen atoms in total. The van der Waals surface area contributed by atoms with Crippen LogP contribution in [0.4, 0.5) is 0 Å². The molecule has 0 aromatic heterocycles. The first-order valence-corrected chi connectivity index (χ1v) is 7.47. The molecule has 0 aliphatic rings. The summed E-state index contributed by atoms with van der Waals surface area (Å²) in [6.45, 7) is 5.66. The molecule has 1 amide bonds. The van der Waals surface area contributed by atoms with Crippen LogP contribution >= 0.6 is 15.9 Å². The number of hydrogen-bond donors (Lipinski definition) is 2. The summed E-state index contributed by atoms with van der Waals surface area (Å²) >= 11 is 3.42. The van der Waals surface area contributed by atoms with Crippen LogP contribution in [0.1, 0.15) is 19.4 Å². The number of nitrogens with one attached hydrogen (secondary N) is 2. The monoisotopic (exact) mass is 342 g/mol. The van der Waals surface area contributed by atoms with Crippen LogP contribution in [0.2, 0.25) is 0 Å². The summed E-state index contributed by atoms with van der Waals surface area (Å²) in [6, 6.07) is 8.16. The average Bonchev–Trinajstić information content (AvgIpc) is 2.36. The van der Waals surface area contributed by atoms with Crippen LogP contribution in [0.3, 0.4) is 0 Å². The van der Waals surface area contributed by atoms with Crippen molar-refractivity contribution in [3.8, 4) is 0 Å². The highest BCUT2D eigenvalue weighted by Crippen LogP contribution is 2.16. The molecule has 0 radical (unpaired) electrons. The van der Waals surface area contributed by atoms with E-state index in [2.05, 4.69) is 38.7 Å². The minimum absolute atomic E-state index is 0.00298. The Labute approximate surface area is 129 Å². The zero-order chi connectivity index (χ0) is 15.0. The van der Waals surface area contributed by atoms with Crippen LogP contribution in [0, 0.1) is 0 Å². The normalized spacial score (nSPS) is 11.4. The van der Waals surface area contributed by atoms with Crippen LogP contribution in [0.25, 0.3) is 0 Å². The fourth-order valence-corrected chi connectivity index (χ4v) is 2.22. The molecule has 0 fully saturated rings. The summed E-state index contributed by atoms with van der Waals surface area (Å²) in [5.74, 6) is 0.00298. The molecule has 5 heteroatoms. The highest BCUT2D eigenvalue weighted by molar-refractivity contribution is 9.10. The molecule has 0 atom stereocenters. The van der Waals surface area contributed by atoms with E-state index in [1.807, 2.05) is 26.0 Å². The van der Waals surface area contributed by atoms with Crippen LogP contribution in [-0.2, 0) is 16.0 Å². The van der Waals surface area contributed by atoms with Gasteiger partial charge in [-0.3, -0.25) is 4.79 Å². The zero-order valence-corrected chi connectivity index (χ0v) is 13.9. The lowest BCUT2D eigenvalue weighted by molar-refractivity contribution is -0.121. The van der Waals surface area contributed by atoms with Gasteiger partial charge in [-0.15, -0.1) is 0 Å². The van der Waals surface area contributed by atoms with Gasteiger partial charge in [0.1, 0.15) is 0 Å². The van der Waals surface area contributed by atoms with E-state index in [9.17, 15) is 4.79 Å². The van der Waals surface area contributed by atoms with Crippen molar-refractivity contribution in [2.75, 3.05) is 26.8 Å². The lowest BCUT2D eigenvalue weighted by Crippen LogP contribution is -2.48. The van der Waals surface area contributed by atoms with Gasteiger partial charge >= 0.3 is 0 Å². The average molecular weight is 343 g/mol. The van der Waals surface area contributed by atoms with Crippen LogP contribution in [0.5, 0.6) is 0 Å². The Morgan fingerprint density at radius 2 is 1.95 bits per heavy atom. The Hall–Kier alpha value is -0.910. The van der Waals surface area contributed by atoms with Crippen molar-refractivity contribution in [2.45, 2.75) is 25.8 Å². The van der Waals surface area contributed by atoms with E-state index >= 15 is 0 Å². The minimum Gasteiger partial charge on any atom is -0.383 e. The number of halogens is 1. The molecule has 1 aromatic rings. The summed E-state index contributed by atoms with van der Waals surface area (Å²) in [7, 11) is 1.64. The lowest BCUT2D eigenvalue weighted by atomic mass is 9.95. The second kappa shape index (κ2) is 8.39. The summed E-state index contributed by atoms with van der Waals surface area (Å²) in [5, 5.41) is 6.08. The SMILES string of the molecule is COCCNCC(=O)NC(C)(C)Cc1ccc(Br)cc1. The van der Waals surface area contributed by atoms with E-state index in [-0.39, 0.29) is 11.4 Å². The molecule has 0 saturated heterocycles. The van der Waals surface area contributed by atoms with Gasteiger partial charge in [0, 0.05) is 23.7 Å². The molecule has 112 valence electrons. The maximum atomic E-state index is 11.8. The first-order valence-electron chi connectivity index (χ1n) is 6.68. The number of amides is 1. The van der Waals surface area contributed by atoms with Crippen molar-refractivity contribution in [1.82, 2.24) is 10.6 Å². The van der Waals surface area contributed by atoms with Crippen molar-refractivity contribution >= 4 is 21.8 Å². The summed E-state index contributed by atoms with van der Waals surface area (Å²) in [4.78, 5) is 11.8. The Morgan fingerprint density at radius 3 is 2.55 bits per heavy atom. The number of rotatable bonds is 8. The first-order chi connectivity index (χ1) is 9.43. The van der Waals surface area contributed by atoms with Crippen LogP contribution < -0.4 is 10.6 Å². The number of hydrogen-bond acceptors (Lipinski definition) is 3. The van der Waals surface area contributed by atoms with Crippen molar-refractivity contribution < 1.29 is 9.53 Å². The molecule has 0 spiro atoms. The van der Waals surface area contributed by atoms with E-state index in [0.29, 0.717) is 19.7 Å². The van der Waals surface area contributed by atoms with E-state index in [1.165, 1.54) is 5.56 Å². The second-order valence-corrected chi connectivity index (χ2v) is 6.32. The predicted octanol–water partition coefficient (Wildman–Crippen LogP) is 2.12. The molecule has 0 saturated carbocycles. The number of benzene rings is 1. The Kier molecular flexibility index (Phi) is 7.19. The van der Waals surface area contributed by atoms with Crippen molar-refractivity contribution in [3.05, 3.63) is 34.3 Å². The van der Waals surface area contributed by atoms with Crippen LogP contribution in [0.15, 0.2) is 28.7 Å². The lowest BCUT2D eigenvalue weighted by Gasteiger charge is -2.26. The molecule has 1 aromatic carbocycles. The predicted molar refractivity (Wildman–Crippen MR) is 84.8 cm³/mol. The minimum atomic E-state index is -0.270. The first kappa shape index (κ1) is 17.1. The van der Waals surface area contributed by atoms with Gasteiger partial charge in [0.05, 0.1) is 13.2 Å². The Balaban J connectivity index is 2.40. The number of carbonyl (C=O) groups excluding carboxylic acids is 1. The van der Waals surface area contributed by atoms with Gasteiger partial charge < -0.3 is 15.4 Å². The van der Waals surface area contributed by atoms with Crippen molar-refractivity contribution in [3.63, 3.8) is 0 Å². The topological polar surface area (TPSA) is 50.4 Å². The zero-order valence-electron chi connectivity index (χ0n) is 12.3. The molecule has 0 aliphatic heterocycles. The fourth-order valence-electron chi connectivity index (χ4n) is 1.95. The van der Waals surface area contributed by atoms with E-state index in [1.54, 1.807) is 7.11 Å². The molecular formula is C15H23BrN2O2. The van der Waals surface area contributed by atoms with Gasteiger partial charge in [-0.1, -0.05) is 28.1 Å². The van der Waals surface area contributed by atoms with Crippen LogP contribution in [-0.4, -0.2) is 38.3 Å². The quantitative estimate of drug-likeness (QED) is 0.711. The molecule has 0 bridgehead atoms. The number of ether oxygens (including phenoxy) is 1. The number of carbonyl (C=O) groups is 1. The number of methoxy groups -OCH3 is 1. The third kappa shape index (κ3) is 7.03. The Morgan fingerprint density at radius 1 is 1.30 bits per heavy atom. The molecule has 0 heterocycles. The molecule has 20 heavy (non-hydrogen) atoms. The standard InChI is InChI=1S/C15H23BrN2O2/c1-15(2,10-12-4-6-13(16)7-5-12)18-14(19)11-17-8-9-20-3/h4-7,17H,8-11H2,1-3H3,(H,18,19). The fraction of sp³-hybridized carbons (Fsp3) is 0.533. The molecule has 0 unspecified atom stereocenters. The highest BCUT2D eigenvalue weighted by atomic mass is 79.9. The van der Waals surface area contributed by atoms with Gasteiger partial charge in [-0.05, 0) is 38.0 Å². The third-order valence-corrected chi connectivity index (χ3v) is 3.33. The van der Waals surface area contributed by atoms with Gasteiger partial charge in [0.25, 0.3) is 0 Å². The van der Waals surface area contributed by atoms with Gasteiger partial charge in [0.15, 0.2) is 0 Å². The maximum Gasteiger partial charge on any atom is 0.234 e. The largest absolute Gasteiger partial charge is 0.383 e. The molecule has 0 aliphatic carbocycles.